The van der Waals surface area contributed by atoms with Gasteiger partial charge in [0.25, 0.3) is 0 Å². The van der Waals surface area contributed by atoms with Gasteiger partial charge in [-0.1, -0.05) is 36.4 Å². The van der Waals surface area contributed by atoms with Gasteiger partial charge in [-0.2, -0.15) is 0 Å². The van der Waals surface area contributed by atoms with Crippen molar-refractivity contribution >= 4 is 34.1 Å². The van der Waals surface area contributed by atoms with E-state index in [4.69, 9.17) is 0 Å². The highest BCUT2D eigenvalue weighted by Gasteiger charge is 2.23. The molecule has 5 heteroatoms. The molecule has 2 heterocycles. The van der Waals surface area contributed by atoms with Crippen LogP contribution < -0.4 is 9.21 Å². The summed E-state index contributed by atoms with van der Waals surface area (Å²) in [5.41, 5.74) is 2.32. The summed E-state index contributed by atoms with van der Waals surface area (Å²) in [7, 11) is 0. The third kappa shape index (κ3) is 3.29. The first kappa shape index (κ1) is 17.7. The summed E-state index contributed by atoms with van der Waals surface area (Å²) in [6.07, 6.45) is 1.16. The highest BCUT2D eigenvalue weighted by atomic mass is 32.2. The lowest BCUT2D eigenvalue weighted by molar-refractivity contribution is 0.256. The molecule has 1 saturated heterocycles. The number of aromatic hydroxyl groups is 1. The fourth-order valence-corrected chi connectivity index (χ4v) is 5.45. The Morgan fingerprint density at radius 1 is 0.786 bits per heavy atom. The van der Waals surface area contributed by atoms with E-state index in [1.807, 2.05) is 30.1 Å². The van der Waals surface area contributed by atoms with Crippen LogP contribution in [0.4, 0.5) is 11.4 Å². The molecule has 28 heavy (non-hydrogen) atoms. The van der Waals surface area contributed by atoms with Crippen LogP contribution in [0, 0.1) is 0 Å². The number of hydrogen-bond acceptors (Lipinski definition) is 5. The van der Waals surface area contributed by atoms with E-state index < -0.39 is 0 Å². The molecular weight excluding hydrogens is 366 g/mol. The third-order valence-corrected chi connectivity index (χ3v) is 6.89. The van der Waals surface area contributed by atoms with E-state index in [1.165, 1.54) is 21.4 Å². The minimum atomic E-state index is 0.385. The van der Waals surface area contributed by atoms with Gasteiger partial charge in [0.05, 0.1) is 11.4 Å². The molecule has 3 aromatic carbocycles. The Labute approximate surface area is 170 Å². The Bertz CT molecular complexity index is 979. The Morgan fingerprint density at radius 3 is 2.36 bits per heavy atom. The molecule has 0 aliphatic carbocycles. The number of phenolic OH excluding ortho intramolecular Hbond substituents is 1. The van der Waals surface area contributed by atoms with Crippen molar-refractivity contribution < 1.29 is 5.11 Å². The van der Waals surface area contributed by atoms with Gasteiger partial charge in [0.2, 0.25) is 0 Å². The molecule has 0 saturated carbocycles. The van der Waals surface area contributed by atoms with E-state index in [1.54, 1.807) is 6.07 Å². The van der Waals surface area contributed by atoms with Crippen molar-refractivity contribution in [3.63, 3.8) is 0 Å². The van der Waals surface area contributed by atoms with Gasteiger partial charge < -0.3 is 14.3 Å². The lowest BCUT2D eigenvalue weighted by atomic mass is 10.1. The van der Waals surface area contributed by atoms with Crippen LogP contribution in [-0.2, 0) is 0 Å². The van der Waals surface area contributed by atoms with Crippen LogP contribution in [-0.4, -0.2) is 49.3 Å². The maximum absolute atomic E-state index is 10.1. The first-order valence-corrected chi connectivity index (χ1v) is 10.8. The lowest BCUT2D eigenvalue weighted by Crippen LogP contribution is -2.47. The lowest BCUT2D eigenvalue weighted by Gasteiger charge is -2.36. The average Bonchev–Trinajstić information content (AvgIpc) is 3.09. The molecular formula is C23H25N3OS. The SMILES string of the molecule is Oc1ccccc1N1CCN(CCCN2Sc3cccc4cccc2c34)CC1. The van der Waals surface area contributed by atoms with E-state index in [0.29, 0.717) is 5.75 Å². The fourth-order valence-electron chi connectivity index (χ4n) is 4.29. The maximum Gasteiger partial charge on any atom is 0.138 e. The summed E-state index contributed by atoms with van der Waals surface area (Å²) in [4.78, 5) is 6.22. The van der Waals surface area contributed by atoms with Crippen LogP contribution >= 0.6 is 11.9 Å². The molecule has 0 bridgehead atoms. The first-order valence-electron chi connectivity index (χ1n) is 10.0. The minimum Gasteiger partial charge on any atom is -0.506 e. The second-order valence-electron chi connectivity index (χ2n) is 7.50. The zero-order chi connectivity index (χ0) is 18.9. The summed E-state index contributed by atoms with van der Waals surface area (Å²) in [5.74, 6) is 0.385. The van der Waals surface area contributed by atoms with Crippen molar-refractivity contribution in [3.05, 3.63) is 60.7 Å². The van der Waals surface area contributed by atoms with Crippen molar-refractivity contribution in [1.29, 1.82) is 0 Å². The number of rotatable bonds is 5. The minimum absolute atomic E-state index is 0.385. The van der Waals surface area contributed by atoms with E-state index in [0.717, 1.165) is 51.4 Å². The standard InChI is InChI=1S/C23H25N3OS/c27-21-10-2-1-8-19(21)25-16-14-24(15-17-25)12-5-13-26-20-9-3-6-18-7-4-11-22(28-26)23(18)20/h1-4,6-11,27H,5,12-17H2. The summed E-state index contributed by atoms with van der Waals surface area (Å²) in [5, 5.41) is 12.8. The molecule has 4 nitrogen and oxygen atoms in total. The van der Waals surface area contributed by atoms with Gasteiger partial charge in [0, 0.05) is 43.0 Å². The Hall–Kier alpha value is -2.37. The molecule has 0 unspecified atom stereocenters. The van der Waals surface area contributed by atoms with Gasteiger partial charge in [-0.15, -0.1) is 0 Å². The average molecular weight is 392 g/mol. The molecule has 0 spiro atoms. The largest absolute Gasteiger partial charge is 0.506 e. The molecule has 3 aromatic rings. The number of hydrogen-bond donors (Lipinski definition) is 1. The number of para-hydroxylation sites is 2. The van der Waals surface area contributed by atoms with Gasteiger partial charge >= 0.3 is 0 Å². The molecule has 0 radical (unpaired) electrons. The van der Waals surface area contributed by atoms with Crippen LogP contribution in [0.2, 0.25) is 0 Å². The molecule has 1 N–H and O–H groups in total. The van der Waals surface area contributed by atoms with Crippen LogP contribution in [0.3, 0.4) is 0 Å². The number of phenols is 1. The van der Waals surface area contributed by atoms with Gasteiger partial charge in [-0.3, -0.25) is 4.90 Å². The smallest absolute Gasteiger partial charge is 0.138 e. The maximum atomic E-state index is 10.1. The summed E-state index contributed by atoms with van der Waals surface area (Å²) in [6, 6.07) is 20.9. The number of anilines is 2. The Balaban J connectivity index is 1.14. The van der Waals surface area contributed by atoms with Crippen molar-refractivity contribution in [2.45, 2.75) is 11.3 Å². The highest BCUT2D eigenvalue weighted by molar-refractivity contribution is 8.01. The van der Waals surface area contributed by atoms with E-state index >= 15 is 0 Å². The van der Waals surface area contributed by atoms with Gasteiger partial charge in [0.1, 0.15) is 5.75 Å². The Kier molecular flexibility index (Phi) is 4.79. The van der Waals surface area contributed by atoms with E-state index in [9.17, 15) is 5.11 Å². The topological polar surface area (TPSA) is 30.0 Å². The van der Waals surface area contributed by atoms with Crippen LogP contribution in [0.5, 0.6) is 5.75 Å². The molecule has 0 amide bonds. The van der Waals surface area contributed by atoms with Crippen molar-refractivity contribution in [2.75, 3.05) is 48.5 Å². The predicted octanol–water partition coefficient (Wildman–Crippen LogP) is 4.58. The van der Waals surface area contributed by atoms with Gasteiger partial charge in [-0.05, 0) is 54.6 Å². The van der Waals surface area contributed by atoms with Gasteiger partial charge in [0.15, 0.2) is 0 Å². The number of piperazine rings is 1. The second-order valence-corrected chi connectivity index (χ2v) is 8.56. The summed E-state index contributed by atoms with van der Waals surface area (Å²) >= 11 is 1.88. The zero-order valence-electron chi connectivity index (χ0n) is 15.9. The first-order chi connectivity index (χ1) is 13.8. The van der Waals surface area contributed by atoms with Crippen LogP contribution in [0.1, 0.15) is 6.42 Å². The normalized spacial score (nSPS) is 16.9. The molecule has 0 atom stereocenters. The molecule has 0 aromatic heterocycles. The quantitative estimate of drug-likeness (QED) is 0.643. The molecule has 5 rings (SSSR count). The van der Waals surface area contributed by atoms with Crippen LogP contribution in [0.15, 0.2) is 65.6 Å². The summed E-state index contributed by atoms with van der Waals surface area (Å²) < 4.78 is 2.45. The Morgan fingerprint density at radius 2 is 1.54 bits per heavy atom. The predicted molar refractivity (Wildman–Crippen MR) is 119 cm³/mol. The molecule has 144 valence electrons. The van der Waals surface area contributed by atoms with E-state index in [-0.39, 0.29) is 0 Å². The van der Waals surface area contributed by atoms with Crippen molar-refractivity contribution in [3.8, 4) is 5.75 Å². The van der Waals surface area contributed by atoms with Crippen LogP contribution in [0.25, 0.3) is 10.8 Å². The molecule has 1 fully saturated rings. The van der Waals surface area contributed by atoms with Crippen molar-refractivity contribution in [2.24, 2.45) is 0 Å². The second kappa shape index (κ2) is 7.57. The molecule has 2 aliphatic heterocycles. The number of nitrogens with zero attached hydrogens (tertiary/aromatic N) is 3. The third-order valence-electron chi connectivity index (χ3n) is 5.75. The van der Waals surface area contributed by atoms with Crippen molar-refractivity contribution in [1.82, 2.24) is 4.90 Å². The van der Waals surface area contributed by atoms with E-state index in [2.05, 4.69) is 50.5 Å². The summed E-state index contributed by atoms with van der Waals surface area (Å²) in [6.45, 7) is 6.24. The molecule has 2 aliphatic rings. The fraction of sp³-hybridized carbons (Fsp3) is 0.304. The zero-order valence-corrected chi connectivity index (χ0v) is 16.7. The monoisotopic (exact) mass is 391 g/mol. The number of benzene rings is 3. The van der Waals surface area contributed by atoms with Gasteiger partial charge in [-0.25, -0.2) is 0 Å². The highest BCUT2D eigenvalue weighted by Crippen LogP contribution is 2.45.